The van der Waals surface area contributed by atoms with Gasteiger partial charge in [-0.1, -0.05) is 77.6 Å². The van der Waals surface area contributed by atoms with Gasteiger partial charge in [0.25, 0.3) is 11.8 Å². The minimum Gasteiger partial charge on any atom is -0.444 e. The Morgan fingerprint density at radius 2 is 1.53 bits per heavy atom. The van der Waals surface area contributed by atoms with Gasteiger partial charge in [-0.05, 0) is 87.3 Å². The van der Waals surface area contributed by atoms with Crippen LogP contribution < -0.4 is 20.3 Å². The van der Waals surface area contributed by atoms with E-state index in [-0.39, 0.29) is 18.4 Å². The third-order valence-corrected chi connectivity index (χ3v) is 13.7. The summed E-state index contributed by atoms with van der Waals surface area (Å²) < 4.78 is 33.1. The largest absolute Gasteiger partial charge is 0.444 e. The van der Waals surface area contributed by atoms with Crippen LogP contribution in [0.5, 0.6) is 0 Å². The van der Waals surface area contributed by atoms with Gasteiger partial charge in [-0.2, -0.15) is 0 Å². The lowest BCUT2D eigenvalue weighted by Crippen LogP contribution is -2.50. The fraction of sp³-hybridized carbons (Fsp3) is 0.605. The lowest BCUT2D eigenvalue weighted by molar-refractivity contribution is -0.121. The summed E-state index contributed by atoms with van der Waals surface area (Å²) in [5, 5.41) is 5.14. The van der Waals surface area contributed by atoms with E-state index >= 15 is 0 Å². The Morgan fingerprint density at radius 3 is 2.11 bits per heavy atom. The summed E-state index contributed by atoms with van der Waals surface area (Å²) in [6, 6.07) is 9.73. The van der Waals surface area contributed by atoms with Gasteiger partial charge in [-0.3, -0.25) is 14.3 Å². The summed E-state index contributed by atoms with van der Waals surface area (Å²) >= 11 is 1.32. The molecule has 3 aromatic rings. The molecule has 0 radical (unpaired) electrons. The molecular formula is C43H62N6O6S2. The molecule has 1 aliphatic heterocycles. The highest BCUT2D eigenvalue weighted by Gasteiger charge is 2.31. The normalized spacial score (nSPS) is 18.8. The minimum atomic E-state index is -4.18. The van der Waals surface area contributed by atoms with E-state index in [1.54, 1.807) is 26.8 Å². The van der Waals surface area contributed by atoms with Crippen molar-refractivity contribution in [2.24, 2.45) is 17.8 Å². The Bertz CT molecular complexity index is 1900. The van der Waals surface area contributed by atoms with Crippen LogP contribution in [-0.2, 0) is 31.4 Å². The maximum Gasteiger partial charge on any atom is 0.407 e. The number of thiophene rings is 1. The number of nitrogens with one attached hydrogen (secondary N) is 3. The van der Waals surface area contributed by atoms with Gasteiger partial charge >= 0.3 is 6.09 Å². The summed E-state index contributed by atoms with van der Waals surface area (Å²) in [5.41, 5.74) is 1.60. The van der Waals surface area contributed by atoms with Crippen molar-refractivity contribution in [1.29, 1.82) is 0 Å². The summed E-state index contributed by atoms with van der Waals surface area (Å²) in [7, 11) is -4.18. The van der Waals surface area contributed by atoms with E-state index in [4.69, 9.17) is 4.74 Å². The standard InChI is InChI=1S/C43H62N6O6S2/c1-8-9-29-10-14-31(15-11-29)32-20-23-49(24-21-32)34-27-45-38(46-28-34)33-16-12-30(13-17-33)26-35(47-40(51)36-18-19-37(56-36)42(2,3)4)39(50)48-57(53,54)25-22-44-41(52)55-43(5,6)7/h12-13,16-19,27-29,31-32,35H,8-11,14-15,20-26H2,1-7H3,(H,44,52)(H,47,51)(H,48,50). The Labute approximate surface area is 343 Å². The number of hydrogen-bond acceptors (Lipinski definition) is 10. The smallest absolute Gasteiger partial charge is 0.407 e. The molecule has 2 aliphatic rings. The van der Waals surface area contributed by atoms with Crippen molar-refractivity contribution in [3.8, 4) is 11.4 Å². The maximum atomic E-state index is 13.5. The molecule has 3 amide bonds. The number of ether oxygens (including phenoxy) is 1. The predicted octanol–water partition coefficient (Wildman–Crippen LogP) is 7.64. The molecule has 0 spiro atoms. The van der Waals surface area contributed by atoms with Crippen molar-refractivity contribution >= 4 is 45.0 Å². The van der Waals surface area contributed by atoms with Crippen LogP contribution in [0.15, 0.2) is 48.8 Å². The molecule has 1 aliphatic carbocycles. The van der Waals surface area contributed by atoms with Crippen molar-refractivity contribution in [2.45, 2.75) is 123 Å². The fourth-order valence-electron chi connectivity index (χ4n) is 7.82. The van der Waals surface area contributed by atoms with Gasteiger partial charge < -0.3 is 20.3 Å². The molecule has 12 nitrogen and oxygen atoms in total. The van der Waals surface area contributed by atoms with Crippen molar-refractivity contribution < 1.29 is 27.5 Å². The lowest BCUT2D eigenvalue weighted by atomic mass is 9.72. The predicted molar refractivity (Wildman–Crippen MR) is 227 cm³/mol. The number of carbonyl (C=O) groups is 3. The molecule has 1 aromatic carbocycles. The molecule has 1 saturated carbocycles. The highest BCUT2D eigenvalue weighted by Crippen LogP contribution is 2.39. The number of rotatable bonds is 14. The Kier molecular flexibility index (Phi) is 14.8. The van der Waals surface area contributed by atoms with Crippen molar-refractivity contribution in [3.63, 3.8) is 0 Å². The first-order chi connectivity index (χ1) is 26.9. The number of aromatic nitrogens is 2. The minimum absolute atomic E-state index is 0.0248. The average Bonchev–Trinajstić information content (AvgIpc) is 3.67. The number of sulfonamides is 1. The monoisotopic (exact) mass is 822 g/mol. The number of nitrogens with zero attached hydrogens (tertiary/aromatic N) is 3. The van der Waals surface area contributed by atoms with E-state index in [2.05, 4.69) is 37.1 Å². The van der Waals surface area contributed by atoms with Gasteiger partial charge in [0, 0.05) is 36.5 Å². The fourth-order valence-corrected chi connectivity index (χ4v) is 9.71. The van der Waals surface area contributed by atoms with Gasteiger partial charge in [0.15, 0.2) is 5.82 Å². The number of benzene rings is 1. The summed E-state index contributed by atoms with van der Waals surface area (Å²) in [6.45, 7) is 15.3. The van der Waals surface area contributed by atoms with Gasteiger partial charge in [-0.25, -0.2) is 23.2 Å². The third-order valence-electron chi connectivity index (χ3n) is 10.9. The zero-order valence-corrected chi connectivity index (χ0v) is 36.4. The number of amides is 3. The van der Waals surface area contributed by atoms with Crippen LogP contribution in [0.25, 0.3) is 11.4 Å². The molecule has 2 fully saturated rings. The van der Waals surface area contributed by atoms with E-state index in [0.29, 0.717) is 16.3 Å². The molecule has 3 N–H and O–H groups in total. The zero-order chi connectivity index (χ0) is 41.4. The van der Waals surface area contributed by atoms with E-state index in [0.717, 1.165) is 47.0 Å². The molecule has 1 atom stereocenters. The SMILES string of the molecule is CCCC1CCC(C2CCN(c3cnc(-c4ccc(CC(NC(=O)c5ccc(C(C)(C)C)s5)C(=O)NS(=O)(=O)CCNC(=O)OC(C)(C)C)cc4)nc3)CC2)CC1. The number of anilines is 1. The molecule has 57 heavy (non-hydrogen) atoms. The van der Waals surface area contributed by atoms with Crippen LogP contribution in [0.2, 0.25) is 0 Å². The molecule has 312 valence electrons. The van der Waals surface area contributed by atoms with Crippen LogP contribution in [-0.4, -0.2) is 73.3 Å². The number of alkyl carbamates (subject to hydrolysis) is 1. The van der Waals surface area contributed by atoms with Crippen LogP contribution in [0.3, 0.4) is 0 Å². The number of carbonyl (C=O) groups excluding carboxylic acids is 3. The second-order valence-corrected chi connectivity index (χ2v) is 20.6. The second kappa shape index (κ2) is 19.1. The Morgan fingerprint density at radius 1 is 0.895 bits per heavy atom. The first kappa shape index (κ1) is 44.1. The molecule has 14 heteroatoms. The summed E-state index contributed by atoms with van der Waals surface area (Å²) in [6.07, 6.45) is 13.7. The van der Waals surface area contributed by atoms with Gasteiger partial charge in [0.2, 0.25) is 10.0 Å². The van der Waals surface area contributed by atoms with Crippen LogP contribution in [0.1, 0.15) is 120 Å². The van der Waals surface area contributed by atoms with E-state index in [9.17, 15) is 22.8 Å². The molecule has 0 bridgehead atoms. The Hall–Kier alpha value is -4.04. The van der Waals surface area contributed by atoms with Gasteiger partial charge in [0.1, 0.15) is 11.6 Å². The molecule has 1 unspecified atom stereocenters. The number of hydrogen-bond donors (Lipinski definition) is 3. The van der Waals surface area contributed by atoms with Crippen molar-refractivity contribution in [1.82, 2.24) is 25.3 Å². The molecule has 1 saturated heterocycles. The lowest BCUT2D eigenvalue weighted by Gasteiger charge is -2.39. The van der Waals surface area contributed by atoms with Gasteiger partial charge in [-0.15, -0.1) is 11.3 Å². The third kappa shape index (κ3) is 13.2. The van der Waals surface area contributed by atoms with Crippen molar-refractivity contribution in [3.05, 3.63) is 64.1 Å². The Balaban J connectivity index is 1.20. The van der Waals surface area contributed by atoms with E-state index in [1.807, 2.05) is 63.5 Å². The van der Waals surface area contributed by atoms with Crippen LogP contribution >= 0.6 is 11.3 Å². The first-order valence-corrected chi connectivity index (χ1v) is 22.9. The molecule has 2 aromatic heterocycles. The highest BCUT2D eigenvalue weighted by atomic mass is 32.2. The maximum absolute atomic E-state index is 13.5. The van der Waals surface area contributed by atoms with Crippen LogP contribution in [0.4, 0.5) is 10.5 Å². The van der Waals surface area contributed by atoms with Gasteiger partial charge in [0.05, 0.1) is 28.7 Å². The molecule has 3 heterocycles. The van der Waals surface area contributed by atoms with Crippen LogP contribution in [0, 0.1) is 17.8 Å². The topological polar surface area (TPSA) is 160 Å². The average molecular weight is 823 g/mol. The number of piperidine rings is 1. The molecular weight excluding hydrogens is 761 g/mol. The van der Waals surface area contributed by atoms with E-state index < -0.39 is 45.3 Å². The van der Waals surface area contributed by atoms with E-state index in [1.165, 1.54) is 62.7 Å². The van der Waals surface area contributed by atoms with Crippen molar-refractivity contribution in [2.75, 3.05) is 30.3 Å². The quantitative estimate of drug-likeness (QED) is 0.149. The summed E-state index contributed by atoms with van der Waals surface area (Å²) in [5.74, 6) is 1.26. The molecule has 5 rings (SSSR count). The second-order valence-electron chi connectivity index (χ2n) is 17.7. The zero-order valence-electron chi connectivity index (χ0n) is 34.7. The first-order valence-electron chi connectivity index (χ1n) is 20.5. The highest BCUT2D eigenvalue weighted by molar-refractivity contribution is 7.90. The summed E-state index contributed by atoms with van der Waals surface area (Å²) in [4.78, 5) is 52.1.